The summed E-state index contributed by atoms with van der Waals surface area (Å²) >= 11 is 3.52. The summed E-state index contributed by atoms with van der Waals surface area (Å²) in [7, 11) is 0. The van der Waals surface area contributed by atoms with Crippen molar-refractivity contribution < 1.29 is 0 Å². The molecule has 1 atom stereocenters. The van der Waals surface area contributed by atoms with Crippen LogP contribution in [0.4, 0.5) is 10.3 Å². The molecule has 0 spiro atoms. The molecule has 114 valence electrons. The van der Waals surface area contributed by atoms with Gasteiger partial charge in [-0.1, -0.05) is 6.92 Å². The topological polar surface area (TPSA) is 44.3 Å². The van der Waals surface area contributed by atoms with E-state index in [-0.39, 0.29) is 0 Å². The average Bonchev–Trinajstić information content (AvgIpc) is 3.19. The molecule has 21 heavy (non-hydrogen) atoms. The second-order valence-corrected chi connectivity index (χ2v) is 7.03. The maximum absolute atomic E-state index is 4.60. The molecule has 1 aliphatic heterocycles. The molecular weight excluding hydrogens is 302 g/mol. The Bertz CT molecular complexity index is 545. The number of hydrogen-bond acceptors (Lipinski definition) is 7. The lowest BCUT2D eigenvalue weighted by Gasteiger charge is -2.34. The van der Waals surface area contributed by atoms with E-state index in [0.717, 1.165) is 43.0 Å². The normalized spacial score (nSPS) is 17.2. The number of thiazole rings is 2. The standard InChI is InChI=1S/C14H21N5S2/c1-3-15-11(2)12-10-17-14(21-12)19-7-5-18(6-8-19)13-16-4-9-20-13/h4,9-11,15H,3,5-8H2,1-2H3. The summed E-state index contributed by atoms with van der Waals surface area (Å²) < 4.78 is 0. The molecule has 0 aliphatic carbocycles. The Morgan fingerprint density at radius 1 is 1.19 bits per heavy atom. The van der Waals surface area contributed by atoms with Crippen LogP contribution in [0, 0.1) is 0 Å². The van der Waals surface area contributed by atoms with E-state index in [2.05, 4.69) is 38.9 Å². The number of rotatable bonds is 5. The lowest BCUT2D eigenvalue weighted by atomic mass is 10.3. The molecule has 0 saturated carbocycles. The highest BCUT2D eigenvalue weighted by molar-refractivity contribution is 7.15. The van der Waals surface area contributed by atoms with Crippen LogP contribution in [-0.2, 0) is 0 Å². The lowest BCUT2D eigenvalue weighted by molar-refractivity contribution is 0.606. The second kappa shape index (κ2) is 6.72. The monoisotopic (exact) mass is 323 g/mol. The van der Waals surface area contributed by atoms with Gasteiger partial charge < -0.3 is 15.1 Å². The Labute approximate surface area is 133 Å². The molecule has 1 N–H and O–H groups in total. The highest BCUT2D eigenvalue weighted by Crippen LogP contribution is 2.28. The molecule has 3 heterocycles. The molecule has 1 aliphatic rings. The molecule has 0 amide bonds. The van der Waals surface area contributed by atoms with E-state index in [9.17, 15) is 0 Å². The quantitative estimate of drug-likeness (QED) is 0.916. The third-order valence-corrected chi connectivity index (χ3v) is 5.76. The Morgan fingerprint density at radius 2 is 1.90 bits per heavy atom. The van der Waals surface area contributed by atoms with Crippen LogP contribution in [0.2, 0.25) is 0 Å². The molecule has 2 aromatic rings. The van der Waals surface area contributed by atoms with E-state index >= 15 is 0 Å². The number of anilines is 2. The summed E-state index contributed by atoms with van der Waals surface area (Å²) in [6, 6.07) is 0.387. The first-order valence-electron chi connectivity index (χ1n) is 7.36. The molecule has 0 bridgehead atoms. The smallest absolute Gasteiger partial charge is 0.185 e. The Kier molecular flexibility index (Phi) is 4.72. The zero-order valence-electron chi connectivity index (χ0n) is 12.5. The van der Waals surface area contributed by atoms with Crippen molar-refractivity contribution in [1.29, 1.82) is 0 Å². The Morgan fingerprint density at radius 3 is 2.52 bits per heavy atom. The number of nitrogens with one attached hydrogen (secondary N) is 1. The maximum Gasteiger partial charge on any atom is 0.185 e. The van der Waals surface area contributed by atoms with Gasteiger partial charge in [0.25, 0.3) is 0 Å². The van der Waals surface area contributed by atoms with Crippen LogP contribution < -0.4 is 15.1 Å². The van der Waals surface area contributed by atoms with Crippen molar-refractivity contribution in [3.8, 4) is 0 Å². The van der Waals surface area contributed by atoms with Gasteiger partial charge in [-0.05, 0) is 13.5 Å². The Hall–Kier alpha value is -1.18. The van der Waals surface area contributed by atoms with Crippen molar-refractivity contribution in [2.75, 3.05) is 42.5 Å². The predicted octanol–water partition coefficient (Wildman–Crippen LogP) is 2.60. The van der Waals surface area contributed by atoms with Gasteiger partial charge in [0.2, 0.25) is 0 Å². The zero-order chi connectivity index (χ0) is 14.7. The summed E-state index contributed by atoms with van der Waals surface area (Å²) in [5, 5.41) is 7.76. The van der Waals surface area contributed by atoms with Crippen molar-refractivity contribution in [2.24, 2.45) is 0 Å². The van der Waals surface area contributed by atoms with Gasteiger partial charge >= 0.3 is 0 Å². The molecule has 1 fully saturated rings. The third-order valence-electron chi connectivity index (χ3n) is 3.69. The van der Waals surface area contributed by atoms with E-state index in [4.69, 9.17) is 0 Å². The molecule has 3 rings (SSSR count). The first-order valence-corrected chi connectivity index (χ1v) is 9.06. The van der Waals surface area contributed by atoms with E-state index < -0.39 is 0 Å². The molecule has 5 nitrogen and oxygen atoms in total. The summed E-state index contributed by atoms with van der Waals surface area (Å²) in [6.45, 7) is 9.39. The Balaban J connectivity index is 1.59. The fourth-order valence-corrected chi connectivity index (χ4v) is 4.18. The summed E-state index contributed by atoms with van der Waals surface area (Å²) in [4.78, 5) is 15.1. The molecule has 2 aromatic heterocycles. The molecule has 0 radical (unpaired) electrons. The van der Waals surface area contributed by atoms with Crippen molar-refractivity contribution in [3.05, 3.63) is 22.7 Å². The SMILES string of the molecule is CCNC(C)c1cnc(N2CCN(c3nccs3)CC2)s1. The van der Waals surface area contributed by atoms with Crippen LogP contribution >= 0.6 is 22.7 Å². The van der Waals surface area contributed by atoms with Gasteiger partial charge in [0.15, 0.2) is 10.3 Å². The number of nitrogens with zero attached hydrogens (tertiary/aromatic N) is 4. The van der Waals surface area contributed by atoms with Crippen LogP contribution in [0.1, 0.15) is 24.8 Å². The molecule has 1 unspecified atom stereocenters. The van der Waals surface area contributed by atoms with Gasteiger partial charge in [-0.15, -0.1) is 22.7 Å². The van der Waals surface area contributed by atoms with Gasteiger partial charge in [0, 0.05) is 54.9 Å². The van der Waals surface area contributed by atoms with Crippen molar-refractivity contribution >= 4 is 32.9 Å². The third kappa shape index (κ3) is 3.36. The van der Waals surface area contributed by atoms with Gasteiger partial charge in [0.1, 0.15) is 0 Å². The lowest BCUT2D eigenvalue weighted by Crippen LogP contribution is -2.46. The number of piperazine rings is 1. The fraction of sp³-hybridized carbons (Fsp3) is 0.571. The maximum atomic E-state index is 4.60. The first kappa shape index (κ1) is 14.7. The van der Waals surface area contributed by atoms with E-state index in [1.54, 1.807) is 22.7 Å². The highest BCUT2D eigenvalue weighted by atomic mass is 32.1. The van der Waals surface area contributed by atoms with Gasteiger partial charge in [-0.3, -0.25) is 0 Å². The highest BCUT2D eigenvalue weighted by Gasteiger charge is 2.21. The van der Waals surface area contributed by atoms with Crippen LogP contribution in [0.5, 0.6) is 0 Å². The van der Waals surface area contributed by atoms with Gasteiger partial charge in [-0.2, -0.15) is 0 Å². The molecule has 1 saturated heterocycles. The van der Waals surface area contributed by atoms with E-state index in [1.165, 1.54) is 4.88 Å². The average molecular weight is 323 g/mol. The largest absolute Gasteiger partial charge is 0.345 e. The van der Waals surface area contributed by atoms with Crippen molar-refractivity contribution in [2.45, 2.75) is 19.9 Å². The van der Waals surface area contributed by atoms with E-state index in [1.807, 2.05) is 17.8 Å². The van der Waals surface area contributed by atoms with Crippen LogP contribution in [0.25, 0.3) is 0 Å². The summed E-state index contributed by atoms with van der Waals surface area (Å²) in [5.74, 6) is 0. The number of hydrogen-bond donors (Lipinski definition) is 1. The van der Waals surface area contributed by atoms with Crippen molar-refractivity contribution in [1.82, 2.24) is 15.3 Å². The van der Waals surface area contributed by atoms with Crippen LogP contribution in [-0.4, -0.2) is 42.7 Å². The van der Waals surface area contributed by atoms with Crippen LogP contribution in [0.15, 0.2) is 17.8 Å². The van der Waals surface area contributed by atoms with Crippen molar-refractivity contribution in [3.63, 3.8) is 0 Å². The molecule has 7 heteroatoms. The minimum atomic E-state index is 0.387. The van der Waals surface area contributed by atoms with E-state index in [0.29, 0.717) is 6.04 Å². The molecular formula is C14H21N5S2. The van der Waals surface area contributed by atoms with Gasteiger partial charge in [0.05, 0.1) is 0 Å². The van der Waals surface area contributed by atoms with Crippen LogP contribution in [0.3, 0.4) is 0 Å². The predicted molar refractivity (Wildman–Crippen MR) is 90.7 cm³/mol. The zero-order valence-corrected chi connectivity index (χ0v) is 14.1. The summed E-state index contributed by atoms with van der Waals surface area (Å²) in [5.41, 5.74) is 0. The number of aromatic nitrogens is 2. The minimum Gasteiger partial charge on any atom is -0.345 e. The second-order valence-electron chi connectivity index (χ2n) is 5.11. The molecule has 0 aromatic carbocycles. The first-order chi connectivity index (χ1) is 10.3. The fourth-order valence-electron chi connectivity index (χ4n) is 2.49. The summed E-state index contributed by atoms with van der Waals surface area (Å²) in [6.07, 6.45) is 3.89. The minimum absolute atomic E-state index is 0.387. The van der Waals surface area contributed by atoms with Gasteiger partial charge in [-0.25, -0.2) is 9.97 Å².